The lowest BCUT2D eigenvalue weighted by molar-refractivity contribution is -0.138. The molecule has 0 aromatic rings. The number of aliphatic carboxylic acids is 1. The fourth-order valence-electron chi connectivity index (χ4n) is 1.15. The zero-order chi connectivity index (χ0) is 12.9. The van der Waals surface area contributed by atoms with Crippen LogP contribution in [-0.4, -0.2) is 28.4 Å². The molecular weight excluding hydrogens is 225 g/mol. The highest BCUT2D eigenvalue weighted by molar-refractivity contribution is 7.39. The Kier molecular flexibility index (Phi) is 5.95. The van der Waals surface area contributed by atoms with Crippen LogP contribution in [0.4, 0.5) is 0 Å². The zero-order valence-electron chi connectivity index (χ0n) is 10.7. The predicted octanol–water partition coefficient (Wildman–Crippen LogP) is 2.53. The van der Waals surface area contributed by atoms with Crippen LogP contribution >= 0.6 is 9.24 Å². The molecule has 0 heterocycles. The van der Waals surface area contributed by atoms with E-state index in [9.17, 15) is 4.79 Å². The molecule has 0 aromatic heterocycles. The molecule has 5 heteroatoms. The van der Waals surface area contributed by atoms with Gasteiger partial charge in [0, 0.05) is 0 Å². The van der Waals surface area contributed by atoms with Gasteiger partial charge in [-0.05, 0) is 42.3 Å². The van der Waals surface area contributed by atoms with Crippen LogP contribution in [0.25, 0.3) is 0 Å². The van der Waals surface area contributed by atoms with Crippen LogP contribution in [0, 0.1) is 5.92 Å². The van der Waals surface area contributed by atoms with Crippen molar-refractivity contribution in [2.24, 2.45) is 10.9 Å². The number of rotatable bonds is 4. The van der Waals surface area contributed by atoms with Crippen LogP contribution in [0.3, 0.4) is 0 Å². The summed E-state index contributed by atoms with van der Waals surface area (Å²) in [4.78, 5) is 15.0. The molecular formula is C11H22NO3P. The molecule has 0 saturated carbocycles. The number of carbonyl (C=O) groups is 1. The number of nitrogens with zero attached hydrogens (tertiary/aromatic N) is 1. The van der Waals surface area contributed by atoms with Gasteiger partial charge in [-0.2, -0.15) is 0 Å². The third kappa shape index (κ3) is 7.63. The van der Waals surface area contributed by atoms with Gasteiger partial charge in [-0.25, -0.2) is 9.79 Å². The highest BCUT2D eigenvalue weighted by Gasteiger charge is 2.20. The van der Waals surface area contributed by atoms with Crippen molar-refractivity contribution in [2.75, 3.05) is 0 Å². The van der Waals surface area contributed by atoms with Gasteiger partial charge >= 0.3 is 5.97 Å². The molecule has 0 radical (unpaired) electrons. The van der Waals surface area contributed by atoms with Gasteiger partial charge < -0.3 is 9.84 Å². The summed E-state index contributed by atoms with van der Waals surface area (Å²) in [6.07, 6.45) is 0.515. The lowest BCUT2D eigenvalue weighted by atomic mass is 10.0. The van der Waals surface area contributed by atoms with E-state index in [2.05, 4.69) is 14.2 Å². The molecule has 0 aliphatic heterocycles. The molecule has 0 amide bonds. The van der Waals surface area contributed by atoms with Crippen molar-refractivity contribution in [3.05, 3.63) is 0 Å². The Morgan fingerprint density at radius 3 is 2.25 bits per heavy atom. The third-order valence-corrected chi connectivity index (χ3v) is 1.94. The van der Waals surface area contributed by atoms with E-state index in [1.54, 1.807) is 0 Å². The van der Waals surface area contributed by atoms with Crippen molar-refractivity contribution in [2.45, 2.75) is 52.7 Å². The van der Waals surface area contributed by atoms with Crippen LogP contribution < -0.4 is 0 Å². The third-order valence-electron chi connectivity index (χ3n) is 1.67. The van der Waals surface area contributed by atoms with E-state index in [1.807, 2.05) is 34.6 Å². The standard InChI is InChI=1S/C11H22NO3P/c1-7(2)6-8(9(13)14)12-10(16)15-11(3,4)5/h7-8H,6,16H2,1-5H3,(H,13,14)/t8-/m0/s1. The lowest BCUT2D eigenvalue weighted by Crippen LogP contribution is -2.25. The Hall–Kier alpha value is -0.630. The zero-order valence-corrected chi connectivity index (χ0v) is 11.8. The largest absolute Gasteiger partial charge is 0.480 e. The van der Waals surface area contributed by atoms with E-state index in [4.69, 9.17) is 9.84 Å². The fraction of sp³-hybridized carbons (Fsp3) is 0.818. The predicted molar refractivity (Wildman–Crippen MR) is 68.9 cm³/mol. The minimum absolute atomic E-state index is 0.289. The van der Waals surface area contributed by atoms with E-state index < -0.39 is 12.0 Å². The van der Waals surface area contributed by atoms with Gasteiger partial charge in [0.15, 0.2) is 6.04 Å². The Labute approximate surface area is 99.7 Å². The Balaban J connectivity index is 4.59. The smallest absolute Gasteiger partial charge is 0.328 e. The van der Waals surface area contributed by atoms with Crippen molar-refractivity contribution in [1.29, 1.82) is 0 Å². The van der Waals surface area contributed by atoms with Gasteiger partial charge in [-0.15, -0.1) is 0 Å². The number of ether oxygens (including phenoxy) is 1. The van der Waals surface area contributed by atoms with Crippen molar-refractivity contribution >= 4 is 20.8 Å². The van der Waals surface area contributed by atoms with Gasteiger partial charge in [-0.3, -0.25) is 0 Å². The van der Waals surface area contributed by atoms with Crippen LogP contribution in [0.2, 0.25) is 0 Å². The van der Waals surface area contributed by atoms with Crippen LogP contribution in [-0.2, 0) is 9.53 Å². The minimum Gasteiger partial charge on any atom is -0.480 e. The van der Waals surface area contributed by atoms with Gasteiger partial charge in [0.2, 0.25) is 5.64 Å². The van der Waals surface area contributed by atoms with Crippen molar-refractivity contribution in [3.63, 3.8) is 0 Å². The first-order valence-corrected chi connectivity index (χ1v) is 5.94. The molecule has 0 aliphatic rings. The number of hydrogen-bond donors (Lipinski definition) is 1. The topological polar surface area (TPSA) is 58.9 Å². The van der Waals surface area contributed by atoms with Crippen LogP contribution in [0.15, 0.2) is 4.99 Å². The molecule has 94 valence electrons. The second-order valence-corrected chi connectivity index (χ2v) is 5.66. The summed E-state index contributed by atoms with van der Waals surface area (Å²) in [5, 5.41) is 9.00. The number of carboxylic acid groups (broad SMARTS) is 1. The average Bonchev–Trinajstić information content (AvgIpc) is 1.97. The highest BCUT2D eigenvalue weighted by Crippen LogP contribution is 2.14. The second-order valence-electron chi connectivity index (χ2n) is 5.17. The number of aliphatic imine (C=N–C) groups is 1. The Morgan fingerprint density at radius 2 is 1.94 bits per heavy atom. The molecule has 16 heavy (non-hydrogen) atoms. The summed E-state index contributed by atoms with van der Waals surface area (Å²) in [5.74, 6) is -0.622. The molecule has 0 aromatic carbocycles. The van der Waals surface area contributed by atoms with Crippen molar-refractivity contribution in [3.8, 4) is 0 Å². The molecule has 0 spiro atoms. The van der Waals surface area contributed by atoms with Gasteiger partial charge in [-0.1, -0.05) is 13.8 Å². The normalized spacial score (nSPS) is 15.1. The van der Waals surface area contributed by atoms with E-state index in [1.165, 1.54) is 0 Å². The average molecular weight is 247 g/mol. The summed E-state index contributed by atoms with van der Waals surface area (Å²) in [5.41, 5.74) is -0.0119. The molecule has 1 N–H and O–H groups in total. The molecule has 1 unspecified atom stereocenters. The molecule has 0 fully saturated rings. The van der Waals surface area contributed by atoms with Crippen molar-refractivity contribution in [1.82, 2.24) is 0 Å². The van der Waals surface area contributed by atoms with Crippen LogP contribution in [0.1, 0.15) is 41.0 Å². The summed E-state index contributed by atoms with van der Waals surface area (Å²) in [6, 6.07) is -0.727. The monoisotopic (exact) mass is 247 g/mol. The maximum absolute atomic E-state index is 11.0. The first-order valence-electron chi connectivity index (χ1n) is 5.37. The lowest BCUT2D eigenvalue weighted by Gasteiger charge is -2.21. The number of carboxylic acids is 1. The molecule has 0 saturated heterocycles. The van der Waals surface area contributed by atoms with Gasteiger partial charge in [0.1, 0.15) is 5.60 Å². The minimum atomic E-state index is -0.911. The van der Waals surface area contributed by atoms with Gasteiger partial charge in [0.05, 0.1) is 0 Å². The molecule has 4 nitrogen and oxygen atoms in total. The molecule has 0 rings (SSSR count). The first-order chi connectivity index (χ1) is 7.11. The highest BCUT2D eigenvalue weighted by atomic mass is 31.0. The van der Waals surface area contributed by atoms with E-state index in [-0.39, 0.29) is 11.5 Å². The summed E-state index contributed by atoms with van der Waals surface area (Å²) >= 11 is 0. The van der Waals surface area contributed by atoms with Crippen molar-refractivity contribution < 1.29 is 14.6 Å². The quantitative estimate of drug-likeness (QED) is 0.472. The van der Waals surface area contributed by atoms with E-state index in [0.29, 0.717) is 12.1 Å². The second kappa shape index (κ2) is 6.19. The summed E-state index contributed by atoms with van der Waals surface area (Å²) in [6.45, 7) is 9.62. The SMILES string of the molecule is CC(C)C[C@H](N=C(P)OC(C)(C)C)C(=O)O. The Bertz CT molecular complexity index is 269. The summed E-state index contributed by atoms with van der Waals surface area (Å²) < 4.78 is 5.45. The first kappa shape index (κ1) is 15.4. The van der Waals surface area contributed by atoms with Crippen LogP contribution in [0.5, 0.6) is 0 Å². The Morgan fingerprint density at radius 1 is 1.44 bits per heavy atom. The fourth-order valence-corrected chi connectivity index (χ4v) is 1.68. The molecule has 2 atom stereocenters. The van der Waals surface area contributed by atoms with E-state index in [0.717, 1.165) is 0 Å². The van der Waals surface area contributed by atoms with E-state index >= 15 is 0 Å². The van der Waals surface area contributed by atoms with Gasteiger partial charge in [0.25, 0.3) is 0 Å². The summed E-state index contributed by atoms with van der Waals surface area (Å²) in [7, 11) is 2.34. The maximum atomic E-state index is 11.0. The maximum Gasteiger partial charge on any atom is 0.328 e. The number of hydrogen-bond acceptors (Lipinski definition) is 3. The molecule has 0 bridgehead atoms. The molecule has 0 aliphatic carbocycles.